The highest BCUT2D eigenvalue weighted by Crippen LogP contribution is 2.30. The van der Waals surface area contributed by atoms with Crippen molar-refractivity contribution in [3.8, 4) is 0 Å². The number of aliphatic hydroxyl groups is 1. The molecule has 0 aromatic heterocycles. The fraction of sp³-hybridized carbons (Fsp3) is 0.286. The van der Waals surface area contributed by atoms with E-state index >= 15 is 0 Å². The minimum Gasteiger partial charge on any atom is -0.395 e. The first-order valence-electron chi connectivity index (χ1n) is 6.52. The van der Waals surface area contributed by atoms with E-state index in [4.69, 9.17) is 5.11 Å². The summed E-state index contributed by atoms with van der Waals surface area (Å²) < 4.78 is 0. The molecular weight excluding hydrogens is 290 g/mol. The first-order chi connectivity index (χ1) is 10.4. The predicted octanol–water partition coefficient (Wildman–Crippen LogP) is 0.229. The normalized spacial score (nSPS) is 14.8. The molecule has 1 aliphatic heterocycles. The standard InChI is InChI=1S/C14H15N3O5/c1-15(7-8-18)12-11(13(19)16(2)14(12)20)9-3-5-10(6-4-9)17(21)22/h3-6,18H,7-8H2,1-2H3. The highest BCUT2D eigenvalue weighted by atomic mass is 16.6. The molecule has 1 aromatic rings. The van der Waals surface area contributed by atoms with Crippen LogP contribution in [0.15, 0.2) is 30.0 Å². The summed E-state index contributed by atoms with van der Waals surface area (Å²) in [5.74, 6) is -0.937. The van der Waals surface area contributed by atoms with E-state index in [0.29, 0.717) is 5.56 Å². The Labute approximate surface area is 126 Å². The van der Waals surface area contributed by atoms with E-state index in [1.54, 1.807) is 7.05 Å². The summed E-state index contributed by atoms with van der Waals surface area (Å²) >= 11 is 0. The highest BCUT2D eigenvalue weighted by Gasteiger charge is 2.38. The van der Waals surface area contributed by atoms with Crippen LogP contribution in [0.3, 0.4) is 0 Å². The molecule has 0 atom stereocenters. The second kappa shape index (κ2) is 5.94. The van der Waals surface area contributed by atoms with Crippen molar-refractivity contribution in [1.82, 2.24) is 9.80 Å². The Morgan fingerprint density at radius 2 is 1.82 bits per heavy atom. The van der Waals surface area contributed by atoms with Gasteiger partial charge in [-0.15, -0.1) is 0 Å². The zero-order valence-corrected chi connectivity index (χ0v) is 12.1. The van der Waals surface area contributed by atoms with Gasteiger partial charge in [-0.25, -0.2) is 0 Å². The van der Waals surface area contributed by atoms with Gasteiger partial charge in [0, 0.05) is 32.8 Å². The lowest BCUT2D eigenvalue weighted by molar-refractivity contribution is -0.384. The number of non-ortho nitro benzene ring substituents is 1. The Bertz CT molecular complexity index is 666. The van der Waals surface area contributed by atoms with Gasteiger partial charge in [0.2, 0.25) is 0 Å². The van der Waals surface area contributed by atoms with Crippen LogP contribution < -0.4 is 0 Å². The third-order valence-electron chi connectivity index (χ3n) is 3.45. The largest absolute Gasteiger partial charge is 0.395 e. The molecule has 2 amide bonds. The monoisotopic (exact) mass is 305 g/mol. The van der Waals surface area contributed by atoms with Gasteiger partial charge >= 0.3 is 0 Å². The van der Waals surface area contributed by atoms with E-state index in [-0.39, 0.29) is 30.1 Å². The van der Waals surface area contributed by atoms with Gasteiger partial charge < -0.3 is 10.0 Å². The first-order valence-corrected chi connectivity index (χ1v) is 6.52. The lowest BCUT2D eigenvalue weighted by atomic mass is 10.0. The molecule has 1 heterocycles. The lowest BCUT2D eigenvalue weighted by Crippen LogP contribution is -2.31. The summed E-state index contributed by atoms with van der Waals surface area (Å²) in [6, 6.07) is 5.43. The molecular formula is C14H15N3O5. The minimum absolute atomic E-state index is 0.0975. The fourth-order valence-electron chi connectivity index (χ4n) is 2.25. The van der Waals surface area contributed by atoms with Gasteiger partial charge in [0.15, 0.2) is 0 Å². The maximum absolute atomic E-state index is 12.3. The minimum atomic E-state index is -0.537. The summed E-state index contributed by atoms with van der Waals surface area (Å²) in [6.07, 6.45) is 0. The molecule has 0 aliphatic carbocycles. The number of nitro benzene ring substituents is 1. The molecule has 0 unspecified atom stereocenters. The number of benzene rings is 1. The second-order valence-electron chi connectivity index (χ2n) is 4.84. The summed E-state index contributed by atoms with van der Waals surface area (Å²) in [6.45, 7) is 0.0252. The molecule has 0 saturated heterocycles. The smallest absolute Gasteiger partial charge is 0.277 e. The number of hydrogen-bond acceptors (Lipinski definition) is 6. The van der Waals surface area contributed by atoms with Crippen molar-refractivity contribution in [1.29, 1.82) is 0 Å². The van der Waals surface area contributed by atoms with Gasteiger partial charge in [-0.3, -0.25) is 24.6 Å². The lowest BCUT2D eigenvalue weighted by Gasteiger charge is -2.19. The second-order valence-corrected chi connectivity index (χ2v) is 4.84. The van der Waals surface area contributed by atoms with Crippen molar-refractivity contribution < 1.29 is 19.6 Å². The van der Waals surface area contributed by atoms with Crippen LogP contribution in [0.5, 0.6) is 0 Å². The van der Waals surface area contributed by atoms with Crippen molar-refractivity contribution in [2.24, 2.45) is 0 Å². The Balaban J connectivity index is 2.53. The SMILES string of the molecule is CN(CCO)C1=C(c2ccc([N+](=O)[O-])cc2)C(=O)N(C)C1=O. The Hall–Kier alpha value is -2.74. The zero-order valence-electron chi connectivity index (χ0n) is 12.1. The molecule has 1 aliphatic rings. The van der Waals surface area contributed by atoms with Gasteiger partial charge in [0.25, 0.3) is 17.5 Å². The molecule has 1 N–H and O–H groups in total. The number of nitro groups is 1. The van der Waals surface area contributed by atoms with E-state index in [1.807, 2.05) is 0 Å². The van der Waals surface area contributed by atoms with Crippen molar-refractivity contribution in [2.45, 2.75) is 0 Å². The van der Waals surface area contributed by atoms with E-state index in [0.717, 1.165) is 4.90 Å². The summed E-state index contributed by atoms with van der Waals surface area (Å²) in [5, 5.41) is 19.7. The molecule has 8 heteroatoms. The number of aliphatic hydroxyl groups excluding tert-OH is 1. The van der Waals surface area contributed by atoms with E-state index < -0.39 is 16.7 Å². The number of likely N-dealkylation sites (N-methyl/N-ethyl adjacent to an activating group) is 2. The summed E-state index contributed by atoms with van der Waals surface area (Å²) in [7, 11) is 2.97. The summed E-state index contributed by atoms with van der Waals surface area (Å²) in [5.41, 5.74) is 0.682. The average molecular weight is 305 g/mol. The van der Waals surface area contributed by atoms with Crippen LogP contribution in [0.2, 0.25) is 0 Å². The molecule has 116 valence electrons. The highest BCUT2D eigenvalue weighted by molar-refractivity contribution is 6.35. The van der Waals surface area contributed by atoms with Gasteiger partial charge in [-0.2, -0.15) is 0 Å². The van der Waals surface area contributed by atoms with Crippen molar-refractivity contribution in [3.63, 3.8) is 0 Å². The van der Waals surface area contributed by atoms with Crippen molar-refractivity contribution in [3.05, 3.63) is 45.6 Å². The maximum Gasteiger partial charge on any atom is 0.277 e. The molecule has 22 heavy (non-hydrogen) atoms. The number of nitrogens with zero attached hydrogens (tertiary/aromatic N) is 3. The van der Waals surface area contributed by atoms with Crippen LogP contribution >= 0.6 is 0 Å². The average Bonchev–Trinajstić information content (AvgIpc) is 2.72. The van der Waals surface area contributed by atoms with Crippen LogP contribution in [-0.2, 0) is 9.59 Å². The summed E-state index contributed by atoms with van der Waals surface area (Å²) in [4.78, 5) is 37.1. The zero-order chi connectivity index (χ0) is 16.4. The van der Waals surface area contributed by atoms with E-state index in [1.165, 1.54) is 36.2 Å². The topological polar surface area (TPSA) is 104 Å². The number of carbonyl (C=O) groups is 2. The number of rotatable bonds is 5. The molecule has 0 bridgehead atoms. The van der Waals surface area contributed by atoms with E-state index in [2.05, 4.69) is 0 Å². The van der Waals surface area contributed by atoms with Crippen molar-refractivity contribution >= 4 is 23.1 Å². The number of imide groups is 1. The van der Waals surface area contributed by atoms with Crippen LogP contribution in [0.25, 0.3) is 5.57 Å². The molecule has 0 spiro atoms. The van der Waals surface area contributed by atoms with Crippen LogP contribution in [-0.4, -0.2) is 58.9 Å². The molecule has 1 aromatic carbocycles. The van der Waals surface area contributed by atoms with Gasteiger partial charge in [-0.05, 0) is 17.7 Å². The third-order valence-corrected chi connectivity index (χ3v) is 3.45. The number of carbonyl (C=O) groups excluding carboxylic acids is 2. The molecule has 0 radical (unpaired) electrons. The maximum atomic E-state index is 12.3. The van der Waals surface area contributed by atoms with Crippen LogP contribution in [0.1, 0.15) is 5.56 Å². The number of amides is 2. The van der Waals surface area contributed by atoms with E-state index in [9.17, 15) is 19.7 Å². The first kappa shape index (κ1) is 15.6. The Morgan fingerprint density at radius 3 is 2.32 bits per heavy atom. The van der Waals surface area contributed by atoms with Crippen molar-refractivity contribution in [2.75, 3.05) is 27.2 Å². The van der Waals surface area contributed by atoms with Gasteiger partial charge in [0.1, 0.15) is 5.70 Å². The van der Waals surface area contributed by atoms with Gasteiger partial charge in [0.05, 0.1) is 17.1 Å². The third kappa shape index (κ3) is 2.56. The van der Waals surface area contributed by atoms with Crippen LogP contribution in [0.4, 0.5) is 5.69 Å². The molecule has 8 nitrogen and oxygen atoms in total. The molecule has 2 rings (SSSR count). The van der Waals surface area contributed by atoms with Crippen LogP contribution in [0, 0.1) is 10.1 Å². The Morgan fingerprint density at radius 1 is 1.23 bits per heavy atom. The fourth-order valence-corrected chi connectivity index (χ4v) is 2.25. The quantitative estimate of drug-likeness (QED) is 0.474. The molecule has 0 saturated carbocycles. The predicted molar refractivity (Wildman–Crippen MR) is 77.5 cm³/mol. The Kier molecular flexibility index (Phi) is 4.22. The molecule has 0 fully saturated rings. The van der Waals surface area contributed by atoms with Gasteiger partial charge in [-0.1, -0.05) is 0 Å². The number of hydrogen-bond donors (Lipinski definition) is 1.